The van der Waals surface area contributed by atoms with Crippen molar-refractivity contribution in [3.05, 3.63) is 0 Å². The normalized spacial score (nSPS) is 16.6. The first kappa shape index (κ1) is 13.2. The summed E-state index contributed by atoms with van der Waals surface area (Å²) in [5.41, 5.74) is 0. The molecule has 1 amide bonds. The molecule has 1 aliphatic heterocycles. The molecular formula is C12H21NO3. The molecule has 0 saturated carbocycles. The molecule has 0 radical (unpaired) electrons. The number of carbonyl (C=O) groups excluding carboxylic acids is 2. The van der Waals surface area contributed by atoms with Crippen molar-refractivity contribution in [2.45, 2.75) is 33.1 Å². The predicted octanol–water partition coefficient (Wildman–Crippen LogP) is 1.24. The van der Waals surface area contributed by atoms with Gasteiger partial charge in [-0.15, -0.1) is 0 Å². The molecule has 92 valence electrons. The fraction of sp³-hybridized carbons (Fsp3) is 0.833. The first-order valence-corrected chi connectivity index (χ1v) is 5.97. The minimum Gasteiger partial charge on any atom is -0.378 e. The van der Waals surface area contributed by atoms with Crippen LogP contribution in [0, 0.1) is 5.92 Å². The average molecular weight is 227 g/mol. The van der Waals surface area contributed by atoms with Gasteiger partial charge in [-0.25, -0.2) is 0 Å². The SMILES string of the molecule is CC(C)CC(=O)CCC(=O)N1CCOCC1. The Labute approximate surface area is 96.9 Å². The van der Waals surface area contributed by atoms with Crippen LogP contribution in [0.25, 0.3) is 0 Å². The van der Waals surface area contributed by atoms with Gasteiger partial charge < -0.3 is 9.64 Å². The second-order valence-electron chi connectivity index (χ2n) is 4.63. The maximum atomic E-state index is 11.7. The van der Waals surface area contributed by atoms with Crippen LogP contribution in [0.3, 0.4) is 0 Å². The minimum absolute atomic E-state index is 0.0837. The summed E-state index contributed by atoms with van der Waals surface area (Å²) < 4.78 is 5.17. The van der Waals surface area contributed by atoms with Gasteiger partial charge >= 0.3 is 0 Å². The van der Waals surface area contributed by atoms with E-state index in [4.69, 9.17) is 4.74 Å². The van der Waals surface area contributed by atoms with Crippen LogP contribution in [-0.4, -0.2) is 42.9 Å². The average Bonchev–Trinajstić information content (AvgIpc) is 2.26. The summed E-state index contributed by atoms with van der Waals surface area (Å²) in [7, 11) is 0. The lowest BCUT2D eigenvalue weighted by Gasteiger charge is -2.26. The van der Waals surface area contributed by atoms with E-state index in [-0.39, 0.29) is 11.7 Å². The van der Waals surface area contributed by atoms with Gasteiger partial charge in [0.05, 0.1) is 13.2 Å². The van der Waals surface area contributed by atoms with Gasteiger partial charge in [0.2, 0.25) is 5.91 Å². The summed E-state index contributed by atoms with van der Waals surface area (Å²) in [6, 6.07) is 0. The van der Waals surface area contributed by atoms with Crippen LogP contribution in [0.2, 0.25) is 0 Å². The summed E-state index contributed by atoms with van der Waals surface area (Å²) in [5, 5.41) is 0. The van der Waals surface area contributed by atoms with Gasteiger partial charge in [-0.3, -0.25) is 9.59 Å². The molecule has 1 fully saturated rings. The summed E-state index contributed by atoms with van der Waals surface area (Å²) in [4.78, 5) is 24.9. The molecule has 0 bridgehead atoms. The van der Waals surface area contributed by atoms with Crippen LogP contribution in [-0.2, 0) is 14.3 Å². The number of carbonyl (C=O) groups is 2. The van der Waals surface area contributed by atoms with Crippen LogP contribution >= 0.6 is 0 Å². The van der Waals surface area contributed by atoms with Gasteiger partial charge in [-0.05, 0) is 5.92 Å². The third kappa shape index (κ3) is 4.75. The largest absolute Gasteiger partial charge is 0.378 e. The van der Waals surface area contributed by atoms with Crippen LogP contribution < -0.4 is 0 Å². The summed E-state index contributed by atoms with van der Waals surface area (Å²) >= 11 is 0. The quantitative estimate of drug-likeness (QED) is 0.710. The first-order chi connectivity index (χ1) is 7.59. The van der Waals surface area contributed by atoms with Crippen molar-refractivity contribution in [2.24, 2.45) is 5.92 Å². The topological polar surface area (TPSA) is 46.6 Å². The van der Waals surface area contributed by atoms with Gasteiger partial charge in [-0.1, -0.05) is 13.8 Å². The van der Waals surface area contributed by atoms with Gasteiger partial charge in [0, 0.05) is 32.4 Å². The molecule has 0 unspecified atom stereocenters. The van der Waals surface area contributed by atoms with Crippen molar-refractivity contribution in [1.29, 1.82) is 0 Å². The maximum absolute atomic E-state index is 11.7. The third-order valence-electron chi connectivity index (χ3n) is 2.62. The highest BCUT2D eigenvalue weighted by atomic mass is 16.5. The lowest BCUT2D eigenvalue weighted by Crippen LogP contribution is -2.40. The summed E-state index contributed by atoms with van der Waals surface area (Å²) in [6.07, 6.45) is 1.32. The van der Waals surface area contributed by atoms with Crippen molar-refractivity contribution in [2.75, 3.05) is 26.3 Å². The summed E-state index contributed by atoms with van der Waals surface area (Å²) in [5.74, 6) is 0.656. The van der Waals surface area contributed by atoms with E-state index in [1.54, 1.807) is 4.90 Å². The molecule has 1 aliphatic rings. The number of ketones is 1. The highest BCUT2D eigenvalue weighted by molar-refractivity contribution is 5.85. The lowest BCUT2D eigenvalue weighted by atomic mass is 10.0. The fourth-order valence-electron chi connectivity index (χ4n) is 1.77. The third-order valence-corrected chi connectivity index (χ3v) is 2.62. The monoisotopic (exact) mass is 227 g/mol. The van der Waals surface area contributed by atoms with Crippen molar-refractivity contribution in [1.82, 2.24) is 4.90 Å². The molecule has 0 aromatic rings. The Balaban J connectivity index is 2.21. The number of morpholine rings is 1. The van der Waals surface area contributed by atoms with Gasteiger partial charge in [0.1, 0.15) is 5.78 Å². The van der Waals surface area contributed by atoms with Crippen LogP contribution in [0.1, 0.15) is 33.1 Å². The number of hydrogen-bond acceptors (Lipinski definition) is 3. The minimum atomic E-state index is 0.0837. The molecule has 0 spiro atoms. The first-order valence-electron chi connectivity index (χ1n) is 5.97. The zero-order valence-corrected chi connectivity index (χ0v) is 10.2. The van der Waals surface area contributed by atoms with Crippen molar-refractivity contribution in [3.63, 3.8) is 0 Å². The van der Waals surface area contributed by atoms with E-state index in [2.05, 4.69) is 0 Å². The van der Waals surface area contributed by atoms with E-state index in [0.717, 1.165) is 0 Å². The van der Waals surface area contributed by atoms with E-state index >= 15 is 0 Å². The molecule has 0 N–H and O–H groups in total. The van der Waals surface area contributed by atoms with E-state index < -0.39 is 0 Å². The fourth-order valence-corrected chi connectivity index (χ4v) is 1.77. The Morgan fingerprint density at radius 2 is 1.81 bits per heavy atom. The van der Waals surface area contributed by atoms with Crippen LogP contribution in [0.15, 0.2) is 0 Å². The number of ether oxygens (including phenoxy) is 1. The molecule has 1 heterocycles. The molecule has 0 aromatic heterocycles. The zero-order chi connectivity index (χ0) is 12.0. The zero-order valence-electron chi connectivity index (χ0n) is 10.2. The smallest absolute Gasteiger partial charge is 0.223 e. The Bertz CT molecular complexity index is 245. The van der Waals surface area contributed by atoms with E-state index in [1.165, 1.54) is 0 Å². The Hall–Kier alpha value is -0.900. The van der Waals surface area contributed by atoms with Gasteiger partial charge in [0.15, 0.2) is 0 Å². The van der Waals surface area contributed by atoms with E-state index in [1.807, 2.05) is 13.8 Å². The molecule has 4 heteroatoms. The van der Waals surface area contributed by atoms with Crippen LogP contribution in [0.4, 0.5) is 0 Å². The highest BCUT2D eigenvalue weighted by Gasteiger charge is 2.17. The van der Waals surface area contributed by atoms with Crippen LogP contribution in [0.5, 0.6) is 0 Å². The van der Waals surface area contributed by atoms with E-state index in [0.29, 0.717) is 51.5 Å². The second kappa shape index (κ2) is 6.63. The molecule has 0 atom stereocenters. The van der Waals surface area contributed by atoms with E-state index in [9.17, 15) is 9.59 Å². The van der Waals surface area contributed by atoms with Crippen molar-refractivity contribution in [3.8, 4) is 0 Å². The number of hydrogen-bond donors (Lipinski definition) is 0. The number of Topliss-reactive ketones (excluding diaryl/α,β-unsaturated/α-hetero) is 1. The standard InChI is InChI=1S/C12H21NO3/c1-10(2)9-11(14)3-4-12(15)13-5-7-16-8-6-13/h10H,3-9H2,1-2H3. The predicted molar refractivity (Wildman–Crippen MR) is 61.1 cm³/mol. The molecule has 16 heavy (non-hydrogen) atoms. The summed E-state index contributed by atoms with van der Waals surface area (Å²) in [6.45, 7) is 6.59. The Kier molecular flexibility index (Phi) is 5.46. The molecule has 0 aromatic carbocycles. The van der Waals surface area contributed by atoms with Crippen molar-refractivity contribution >= 4 is 11.7 Å². The second-order valence-corrected chi connectivity index (χ2v) is 4.63. The number of rotatable bonds is 5. The molecule has 0 aliphatic carbocycles. The van der Waals surface area contributed by atoms with Crippen molar-refractivity contribution < 1.29 is 14.3 Å². The number of amides is 1. The molecule has 1 rings (SSSR count). The highest BCUT2D eigenvalue weighted by Crippen LogP contribution is 2.07. The maximum Gasteiger partial charge on any atom is 0.223 e. The molecular weight excluding hydrogens is 206 g/mol. The Morgan fingerprint density at radius 3 is 2.38 bits per heavy atom. The van der Waals surface area contributed by atoms with Gasteiger partial charge in [-0.2, -0.15) is 0 Å². The molecule has 1 saturated heterocycles. The number of nitrogens with zero attached hydrogens (tertiary/aromatic N) is 1. The molecule has 4 nitrogen and oxygen atoms in total. The lowest BCUT2D eigenvalue weighted by molar-refractivity contribution is -0.136. The Morgan fingerprint density at radius 1 is 1.19 bits per heavy atom. The van der Waals surface area contributed by atoms with Gasteiger partial charge in [0.25, 0.3) is 0 Å².